The zero-order valence-corrected chi connectivity index (χ0v) is 18.2. The van der Waals surface area contributed by atoms with E-state index < -0.39 is 0 Å². The van der Waals surface area contributed by atoms with E-state index in [0.29, 0.717) is 11.8 Å². The molecule has 2 aromatic carbocycles. The molecule has 160 valence electrons. The molecule has 2 atom stereocenters. The second-order valence-corrected chi connectivity index (χ2v) is 8.72. The summed E-state index contributed by atoms with van der Waals surface area (Å²) in [6.45, 7) is 8.48. The van der Waals surface area contributed by atoms with Crippen LogP contribution in [0.4, 0.5) is 22.7 Å². The van der Waals surface area contributed by atoms with Crippen molar-refractivity contribution in [2.75, 3.05) is 21.3 Å². The highest BCUT2D eigenvalue weighted by atomic mass is 16.2. The molecule has 0 spiro atoms. The van der Waals surface area contributed by atoms with Crippen LogP contribution < -0.4 is 21.3 Å². The second-order valence-electron chi connectivity index (χ2n) is 8.72. The fourth-order valence-electron chi connectivity index (χ4n) is 3.66. The van der Waals surface area contributed by atoms with Crippen LogP contribution in [0.15, 0.2) is 48.5 Å². The monoisotopic (exact) mass is 408 g/mol. The molecule has 2 heterocycles. The lowest BCUT2D eigenvalue weighted by Gasteiger charge is -2.27. The Morgan fingerprint density at radius 2 is 0.967 bits per heavy atom. The van der Waals surface area contributed by atoms with Gasteiger partial charge in [-0.05, 0) is 48.9 Å². The number of hydrogen-bond donors (Lipinski definition) is 4. The maximum Gasteiger partial charge on any atom is 0.246 e. The van der Waals surface area contributed by atoms with Gasteiger partial charge >= 0.3 is 0 Å². The van der Waals surface area contributed by atoms with Gasteiger partial charge in [0.05, 0.1) is 22.7 Å². The van der Waals surface area contributed by atoms with Crippen LogP contribution in [0.25, 0.3) is 0 Å². The van der Waals surface area contributed by atoms with E-state index in [1.54, 1.807) is 0 Å². The Labute approximate surface area is 178 Å². The summed E-state index contributed by atoms with van der Waals surface area (Å²) in [6, 6.07) is 15.4. The lowest BCUT2D eigenvalue weighted by Crippen LogP contribution is -2.39. The summed E-state index contributed by atoms with van der Waals surface area (Å²) >= 11 is 0. The average molecular weight is 409 g/mol. The van der Waals surface area contributed by atoms with Gasteiger partial charge in [0, 0.05) is 0 Å². The molecule has 4 rings (SSSR count). The Hall–Kier alpha value is -3.02. The van der Waals surface area contributed by atoms with E-state index in [1.807, 2.05) is 48.5 Å². The van der Waals surface area contributed by atoms with Crippen molar-refractivity contribution in [3.8, 4) is 0 Å². The van der Waals surface area contributed by atoms with Crippen molar-refractivity contribution in [1.82, 2.24) is 0 Å². The first kappa shape index (κ1) is 21.7. The Balaban J connectivity index is 0.000000171. The highest BCUT2D eigenvalue weighted by Crippen LogP contribution is 2.28. The molecule has 6 heteroatoms. The smallest absolute Gasteiger partial charge is 0.246 e. The van der Waals surface area contributed by atoms with Gasteiger partial charge in [0.25, 0.3) is 0 Å². The van der Waals surface area contributed by atoms with Crippen molar-refractivity contribution in [3.05, 3.63) is 48.5 Å². The van der Waals surface area contributed by atoms with Gasteiger partial charge < -0.3 is 21.3 Å². The second kappa shape index (κ2) is 9.65. The number of para-hydroxylation sites is 4. The third-order valence-electron chi connectivity index (χ3n) is 5.08. The molecule has 2 aliphatic heterocycles. The number of hydrogen-bond acceptors (Lipinski definition) is 4. The van der Waals surface area contributed by atoms with Gasteiger partial charge in [-0.25, -0.2) is 0 Å². The van der Waals surface area contributed by atoms with Crippen LogP contribution >= 0.6 is 0 Å². The molecule has 0 fully saturated rings. The third-order valence-corrected chi connectivity index (χ3v) is 5.08. The largest absolute Gasteiger partial charge is 0.372 e. The van der Waals surface area contributed by atoms with Crippen LogP contribution in [0.1, 0.15) is 40.5 Å². The first-order valence-electron chi connectivity index (χ1n) is 10.7. The van der Waals surface area contributed by atoms with Crippen LogP contribution in [0.2, 0.25) is 0 Å². The average Bonchev–Trinajstić information content (AvgIpc) is 2.69. The molecule has 30 heavy (non-hydrogen) atoms. The van der Waals surface area contributed by atoms with Crippen molar-refractivity contribution in [2.45, 2.75) is 52.6 Å². The minimum Gasteiger partial charge on any atom is -0.372 e. The van der Waals surface area contributed by atoms with Gasteiger partial charge in [-0.15, -0.1) is 0 Å². The lowest BCUT2D eigenvalue weighted by atomic mass is 10.0. The van der Waals surface area contributed by atoms with Crippen LogP contribution in [0.3, 0.4) is 0 Å². The van der Waals surface area contributed by atoms with Crippen molar-refractivity contribution < 1.29 is 9.59 Å². The van der Waals surface area contributed by atoms with E-state index >= 15 is 0 Å². The molecule has 0 aromatic heterocycles. The summed E-state index contributed by atoms with van der Waals surface area (Å²) in [7, 11) is 0. The minimum atomic E-state index is -0.0973. The molecule has 4 N–H and O–H groups in total. The Morgan fingerprint density at radius 1 is 0.633 bits per heavy atom. The normalized spacial score (nSPS) is 19.4. The van der Waals surface area contributed by atoms with Gasteiger partial charge in [-0.1, -0.05) is 52.0 Å². The molecule has 0 unspecified atom stereocenters. The number of benzene rings is 2. The quantitative estimate of drug-likeness (QED) is 0.578. The predicted molar refractivity (Wildman–Crippen MR) is 124 cm³/mol. The van der Waals surface area contributed by atoms with Gasteiger partial charge in [0.1, 0.15) is 12.1 Å². The topological polar surface area (TPSA) is 82.3 Å². The molecule has 0 saturated carbocycles. The molecule has 0 saturated heterocycles. The fraction of sp³-hybridized carbons (Fsp3) is 0.417. The van der Waals surface area contributed by atoms with E-state index in [2.05, 4.69) is 49.0 Å². The molecule has 2 aliphatic rings. The molecule has 0 radical (unpaired) electrons. The number of fused-ring (bicyclic) bond motifs is 2. The molecule has 2 aromatic rings. The van der Waals surface area contributed by atoms with E-state index in [1.165, 1.54) is 0 Å². The number of rotatable bonds is 4. The van der Waals surface area contributed by atoms with Crippen LogP contribution in [-0.2, 0) is 9.59 Å². The van der Waals surface area contributed by atoms with E-state index in [-0.39, 0.29) is 23.9 Å². The number of nitrogens with one attached hydrogen (secondary N) is 4. The number of carbonyl (C=O) groups excluding carboxylic acids is 2. The Kier molecular flexibility index (Phi) is 6.98. The van der Waals surface area contributed by atoms with Crippen LogP contribution in [0, 0.1) is 11.8 Å². The zero-order valence-electron chi connectivity index (χ0n) is 18.2. The molecule has 0 aliphatic carbocycles. The van der Waals surface area contributed by atoms with E-state index in [9.17, 15) is 9.59 Å². The van der Waals surface area contributed by atoms with Gasteiger partial charge in [0.15, 0.2) is 0 Å². The third kappa shape index (κ3) is 5.53. The predicted octanol–water partition coefficient (Wildman–Crippen LogP) is 4.93. The standard InChI is InChI=1S/2C12H16N2O/c2*1-8(2)7-11-12(15)14-10-6-4-3-5-9(10)13-11/h2*3-6,8,11,13H,7H2,1-2H3,(H,14,15)/t2*11-/m10/s1. The molecule has 2 amide bonds. The van der Waals surface area contributed by atoms with Gasteiger partial charge in [0.2, 0.25) is 11.8 Å². The number of anilines is 4. The summed E-state index contributed by atoms with van der Waals surface area (Å²) in [5.74, 6) is 1.17. The summed E-state index contributed by atoms with van der Waals surface area (Å²) in [4.78, 5) is 23.4. The van der Waals surface area contributed by atoms with E-state index in [0.717, 1.165) is 35.6 Å². The fourth-order valence-corrected chi connectivity index (χ4v) is 3.66. The summed E-state index contributed by atoms with van der Waals surface area (Å²) in [6.07, 6.45) is 1.72. The molecular weight excluding hydrogens is 376 g/mol. The lowest BCUT2D eigenvalue weighted by molar-refractivity contribution is -0.118. The van der Waals surface area contributed by atoms with Crippen molar-refractivity contribution in [1.29, 1.82) is 0 Å². The maximum atomic E-state index is 11.7. The van der Waals surface area contributed by atoms with Gasteiger partial charge in [-0.3, -0.25) is 9.59 Å². The van der Waals surface area contributed by atoms with Crippen LogP contribution in [0.5, 0.6) is 0 Å². The minimum absolute atomic E-state index is 0.0717. The number of amides is 2. The first-order valence-corrected chi connectivity index (χ1v) is 10.7. The van der Waals surface area contributed by atoms with Crippen molar-refractivity contribution in [3.63, 3.8) is 0 Å². The maximum absolute atomic E-state index is 11.7. The molecule has 0 bridgehead atoms. The molecular formula is C24H32N4O2. The zero-order chi connectivity index (χ0) is 21.7. The Morgan fingerprint density at radius 3 is 1.30 bits per heavy atom. The summed E-state index contributed by atoms with van der Waals surface area (Å²) in [5.41, 5.74) is 3.79. The first-order chi connectivity index (χ1) is 14.3. The Bertz CT molecular complexity index is 821. The summed E-state index contributed by atoms with van der Waals surface area (Å²) in [5, 5.41) is 12.4. The van der Waals surface area contributed by atoms with Crippen molar-refractivity contribution >= 4 is 34.6 Å². The van der Waals surface area contributed by atoms with Crippen molar-refractivity contribution in [2.24, 2.45) is 11.8 Å². The van der Waals surface area contributed by atoms with Crippen LogP contribution in [-0.4, -0.2) is 23.9 Å². The highest BCUT2D eigenvalue weighted by molar-refractivity contribution is 6.03. The SMILES string of the molecule is CC(C)C[C@@H]1Nc2ccccc2NC1=O.CC(C)C[C@H]1Nc2ccccc2NC1=O. The van der Waals surface area contributed by atoms with E-state index in [4.69, 9.17) is 0 Å². The highest BCUT2D eigenvalue weighted by Gasteiger charge is 2.26. The number of carbonyl (C=O) groups is 2. The molecule has 6 nitrogen and oxygen atoms in total. The van der Waals surface area contributed by atoms with Gasteiger partial charge in [-0.2, -0.15) is 0 Å². The summed E-state index contributed by atoms with van der Waals surface area (Å²) < 4.78 is 0.